The minimum atomic E-state index is -0.149. The van der Waals surface area contributed by atoms with Crippen molar-refractivity contribution in [2.75, 3.05) is 11.9 Å². The number of hydrogen-bond acceptors (Lipinski definition) is 3. The third-order valence-electron chi connectivity index (χ3n) is 2.72. The van der Waals surface area contributed by atoms with Crippen LogP contribution in [0.1, 0.15) is 37.0 Å². The van der Waals surface area contributed by atoms with Gasteiger partial charge in [0, 0.05) is 30.3 Å². The molecule has 1 atom stereocenters. The van der Waals surface area contributed by atoms with Crippen LogP contribution in [0.25, 0.3) is 0 Å². The molecule has 0 bridgehead atoms. The fraction of sp³-hybridized carbons (Fsp3) is 0.429. The summed E-state index contributed by atoms with van der Waals surface area (Å²) in [6, 6.07) is 6.71. The molecule has 0 heterocycles. The van der Waals surface area contributed by atoms with E-state index in [1.54, 1.807) is 24.3 Å². The molecule has 0 spiro atoms. The number of nitrogens with two attached hydrogens (primary N) is 1. The lowest BCUT2D eigenvalue weighted by Crippen LogP contribution is -2.26. The van der Waals surface area contributed by atoms with Crippen LogP contribution < -0.4 is 16.4 Å². The monoisotopic (exact) mass is 263 g/mol. The highest BCUT2D eigenvalue weighted by Gasteiger charge is 2.09. The van der Waals surface area contributed by atoms with Crippen LogP contribution >= 0.6 is 0 Å². The van der Waals surface area contributed by atoms with Crippen molar-refractivity contribution in [1.82, 2.24) is 5.32 Å². The van der Waals surface area contributed by atoms with Crippen molar-refractivity contribution in [3.05, 3.63) is 29.8 Å². The van der Waals surface area contributed by atoms with Crippen LogP contribution in [0.5, 0.6) is 0 Å². The molecule has 104 valence electrons. The molecule has 19 heavy (non-hydrogen) atoms. The molecule has 0 radical (unpaired) electrons. The molecule has 0 saturated carbocycles. The Bertz CT molecular complexity index is 446. The Morgan fingerprint density at radius 2 is 2.05 bits per heavy atom. The Kier molecular flexibility index (Phi) is 6.02. The van der Waals surface area contributed by atoms with Crippen LogP contribution in [-0.2, 0) is 4.79 Å². The van der Waals surface area contributed by atoms with E-state index in [9.17, 15) is 9.59 Å². The largest absolute Gasteiger partial charge is 0.352 e. The zero-order chi connectivity index (χ0) is 14.3. The van der Waals surface area contributed by atoms with Gasteiger partial charge in [-0.3, -0.25) is 9.59 Å². The predicted octanol–water partition coefficient (Wildman–Crippen LogP) is 1.50. The number of nitrogens with one attached hydrogen (secondary N) is 2. The summed E-state index contributed by atoms with van der Waals surface area (Å²) in [6.45, 7) is 4.37. The fourth-order valence-corrected chi connectivity index (χ4v) is 1.60. The highest BCUT2D eigenvalue weighted by molar-refractivity contribution is 5.97. The van der Waals surface area contributed by atoms with Crippen molar-refractivity contribution in [3.8, 4) is 0 Å². The first-order valence-corrected chi connectivity index (χ1v) is 6.50. The summed E-state index contributed by atoms with van der Waals surface area (Å²) in [5, 5.41) is 5.46. The van der Waals surface area contributed by atoms with Crippen molar-refractivity contribution in [3.63, 3.8) is 0 Å². The lowest BCUT2D eigenvalue weighted by Gasteiger charge is -2.10. The van der Waals surface area contributed by atoms with E-state index in [2.05, 4.69) is 10.6 Å². The van der Waals surface area contributed by atoms with Gasteiger partial charge in [0.25, 0.3) is 5.91 Å². The minimum absolute atomic E-state index is 0.133. The number of rotatable bonds is 6. The first kappa shape index (κ1) is 15.2. The van der Waals surface area contributed by atoms with Crippen LogP contribution in [0, 0.1) is 0 Å². The van der Waals surface area contributed by atoms with Gasteiger partial charge in [-0.25, -0.2) is 0 Å². The first-order chi connectivity index (χ1) is 9.06. The van der Waals surface area contributed by atoms with Gasteiger partial charge in [0.2, 0.25) is 5.91 Å². The second-order valence-corrected chi connectivity index (χ2v) is 4.36. The van der Waals surface area contributed by atoms with Gasteiger partial charge >= 0.3 is 0 Å². The lowest BCUT2D eigenvalue weighted by molar-refractivity contribution is -0.116. The number of anilines is 1. The first-order valence-electron chi connectivity index (χ1n) is 6.50. The lowest BCUT2D eigenvalue weighted by atomic mass is 10.1. The maximum atomic E-state index is 11.7. The Labute approximate surface area is 113 Å². The van der Waals surface area contributed by atoms with Gasteiger partial charge in [0.1, 0.15) is 0 Å². The van der Waals surface area contributed by atoms with Gasteiger partial charge in [-0.1, -0.05) is 13.0 Å². The van der Waals surface area contributed by atoms with Gasteiger partial charge < -0.3 is 16.4 Å². The summed E-state index contributed by atoms with van der Waals surface area (Å²) in [7, 11) is 0. The second kappa shape index (κ2) is 7.53. The van der Waals surface area contributed by atoms with E-state index in [-0.39, 0.29) is 24.3 Å². The van der Waals surface area contributed by atoms with Crippen LogP contribution in [-0.4, -0.2) is 24.4 Å². The molecule has 0 fully saturated rings. The maximum absolute atomic E-state index is 11.7. The van der Waals surface area contributed by atoms with E-state index in [4.69, 9.17) is 5.73 Å². The van der Waals surface area contributed by atoms with Crippen molar-refractivity contribution in [2.45, 2.75) is 32.7 Å². The third kappa shape index (κ3) is 5.09. The molecule has 0 aliphatic rings. The van der Waals surface area contributed by atoms with E-state index in [1.807, 2.05) is 13.8 Å². The third-order valence-corrected chi connectivity index (χ3v) is 2.72. The molecule has 5 heteroatoms. The van der Waals surface area contributed by atoms with Crippen molar-refractivity contribution < 1.29 is 9.59 Å². The van der Waals surface area contributed by atoms with Crippen LogP contribution in [0.3, 0.4) is 0 Å². The standard InChI is InChI=1S/C14H21N3O2/c1-3-11(15)9-13(18)17-12-7-5-6-10(8-12)14(19)16-4-2/h5-8,11H,3-4,9,15H2,1-2H3,(H,16,19)(H,17,18). The van der Waals surface area contributed by atoms with E-state index < -0.39 is 0 Å². The quantitative estimate of drug-likeness (QED) is 0.727. The zero-order valence-corrected chi connectivity index (χ0v) is 11.4. The van der Waals surface area contributed by atoms with Gasteiger partial charge in [-0.2, -0.15) is 0 Å². The summed E-state index contributed by atoms with van der Waals surface area (Å²) in [5.41, 5.74) is 6.86. The average Bonchev–Trinajstić information content (AvgIpc) is 2.39. The van der Waals surface area contributed by atoms with E-state index in [0.717, 1.165) is 6.42 Å². The SMILES string of the molecule is CCNC(=O)c1cccc(NC(=O)CC(N)CC)c1. The summed E-state index contributed by atoms with van der Waals surface area (Å²) in [4.78, 5) is 23.4. The molecule has 4 N–H and O–H groups in total. The van der Waals surface area contributed by atoms with Crippen LogP contribution in [0.15, 0.2) is 24.3 Å². The molecule has 2 amide bonds. The smallest absolute Gasteiger partial charge is 0.251 e. The van der Waals surface area contributed by atoms with Gasteiger partial charge in [0.15, 0.2) is 0 Å². The van der Waals surface area contributed by atoms with Crippen LogP contribution in [0.2, 0.25) is 0 Å². The molecule has 0 saturated heterocycles. The molecule has 0 aromatic heterocycles. The highest BCUT2D eigenvalue weighted by Crippen LogP contribution is 2.11. The molecular formula is C14H21N3O2. The number of amides is 2. The number of carbonyl (C=O) groups is 2. The Hall–Kier alpha value is -1.88. The topological polar surface area (TPSA) is 84.2 Å². The van der Waals surface area contributed by atoms with E-state index in [0.29, 0.717) is 17.8 Å². The van der Waals surface area contributed by atoms with Crippen molar-refractivity contribution in [2.24, 2.45) is 5.73 Å². The highest BCUT2D eigenvalue weighted by atomic mass is 16.2. The molecule has 1 rings (SSSR count). The summed E-state index contributed by atoms with van der Waals surface area (Å²) < 4.78 is 0. The maximum Gasteiger partial charge on any atom is 0.251 e. The molecule has 1 aromatic carbocycles. The van der Waals surface area contributed by atoms with Gasteiger partial charge in [-0.05, 0) is 31.5 Å². The van der Waals surface area contributed by atoms with E-state index in [1.165, 1.54) is 0 Å². The number of hydrogen-bond donors (Lipinski definition) is 3. The summed E-state index contributed by atoms with van der Waals surface area (Å²) in [5.74, 6) is -0.286. The Morgan fingerprint density at radius 1 is 1.32 bits per heavy atom. The van der Waals surface area contributed by atoms with Gasteiger partial charge in [-0.15, -0.1) is 0 Å². The molecule has 1 unspecified atom stereocenters. The molecule has 0 aliphatic carbocycles. The van der Waals surface area contributed by atoms with Crippen LogP contribution in [0.4, 0.5) is 5.69 Å². The van der Waals surface area contributed by atoms with Crippen molar-refractivity contribution >= 4 is 17.5 Å². The minimum Gasteiger partial charge on any atom is -0.352 e. The second-order valence-electron chi connectivity index (χ2n) is 4.36. The number of carbonyl (C=O) groups excluding carboxylic acids is 2. The summed E-state index contributed by atoms with van der Waals surface area (Å²) in [6.07, 6.45) is 1.04. The Balaban J connectivity index is 2.66. The molecular weight excluding hydrogens is 242 g/mol. The molecule has 5 nitrogen and oxygen atoms in total. The molecule has 1 aromatic rings. The number of benzene rings is 1. The van der Waals surface area contributed by atoms with Gasteiger partial charge in [0.05, 0.1) is 0 Å². The fourth-order valence-electron chi connectivity index (χ4n) is 1.60. The zero-order valence-electron chi connectivity index (χ0n) is 11.4. The van der Waals surface area contributed by atoms with Crippen molar-refractivity contribution in [1.29, 1.82) is 0 Å². The normalized spacial score (nSPS) is 11.7. The average molecular weight is 263 g/mol. The Morgan fingerprint density at radius 3 is 2.68 bits per heavy atom. The van der Waals surface area contributed by atoms with E-state index >= 15 is 0 Å². The summed E-state index contributed by atoms with van der Waals surface area (Å²) >= 11 is 0. The predicted molar refractivity (Wildman–Crippen MR) is 76.0 cm³/mol. The molecule has 0 aliphatic heterocycles.